The fourth-order valence-electron chi connectivity index (χ4n) is 3.13. The summed E-state index contributed by atoms with van der Waals surface area (Å²) in [6, 6.07) is 10.4. The predicted molar refractivity (Wildman–Crippen MR) is 113 cm³/mol. The molecule has 0 saturated carbocycles. The Morgan fingerprint density at radius 2 is 1.73 bits per heavy atom. The van der Waals surface area contributed by atoms with Crippen LogP contribution in [-0.2, 0) is 10.0 Å². The van der Waals surface area contributed by atoms with E-state index in [0.717, 1.165) is 22.8 Å². The molecule has 0 radical (unpaired) electrons. The van der Waals surface area contributed by atoms with Crippen molar-refractivity contribution >= 4 is 32.3 Å². The summed E-state index contributed by atoms with van der Waals surface area (Å²) in [7, 11) is -3.13. The molecule has 33 heavy (non-hydrogen) atoms. The lowest BCUT2D eigenvalue weighted by molar-refractivity contribution is -0.274. The van der Waals surface area contributed by atoms with Crippen LogP contribution in [-0.4, -0.2) is 36.8 Å². The number of sulfonamides is 1. The molecule has 4 rings (SSSR count). The number of halogens is 3. The van der Waals surface area contributed by atoms with Crippen LogP contribution in [0.3, 0.4) is 0 Å². The van der Waals surface area contributed by atoms with Crippen LogP contribution in [0, 0.1) is 0 Å². The van der Waals surface area contributed by atoms with Crippen molar-refractivity contribution in [1.29, 1.82) is 0 Å². The summed E-state index contributed by atoms with van der Waals surface area (Å²) in [5, 5.41) is 1.32. The molecule has 0 unspecified atom stereocenters. The van der Waals surface area contributed by atoms with E-state index in [2.05, 4.69) is 19.7 Å². The number of benzene rings is 2. The number of hydrogen-bond acceptors (Lipinski definition) is 7. The topological polar surface area (TPSA) is 94.5 Å². The van der Waals surface area contributed by atoms with E-state index < -0.39 is 22.1 Å². The SMILES string of the molecule is COc1ccc(OC(F)(F)F)cc1N(c1ccncn1)S(=O)(=O)c1ccc2cnccc2c1. The molecule has 0 bridgehead atoms. The molecule has 0 aliphatic carbocycles. The van der Waals surface area contributed by atoms with Crippen LogP contribution in [0.1, 0.15) is 0 Å². The summed E-state index contributed by atoms with van der Waals surface area (Å²) in [5.74, 6) is -0.754. The quantitative estimate of drug-likeness (QED) is 0.406. The molecule has 0 aliphatic rings. The molecular formula is C21H15F3N4O4S. The second-order valence-electron chi connectivity index (χ2n) is 6.60. The Balaban J connectivity index is 1.93. The average molecular weight is 476 g/mol. The first kappa shape index (κ1) is 22.3. The van der Waals surface area contributed by atoms with Gasteiger partial charge < -0.3 is 9.47 Å². The molecule has 0 amide bonds. The zero-order valence-corrected chi connectivity index (χ0v) is 17.7. The number of anilines is 2. The molecule has 2 heterocycles. The number of methoxy groups -OCH3 is 1. The molecule has 12 heteroatoms. The highest BCUT2D eigenvalue weighted by Crippen LogP contribution is 2.41. The number of alkyl halides is 3. The molecule has 0 N–H and O–H groups in total. The van der Waals surface area contributed by atoms with Crippen LogP contribution in [0.5, 0.6) is 11.5 Å². The van der Waals surface area contributed by atoms with Crippen molar-refractivity contribution in [2.75, 3.05) is 11.4 Å². The van der Waals surface area contributed by atoms with Crippen LogP contribution in [0.15, 0.2) is 78.3 Å². The van der Waals surface area contributed by atoms with Crippen molar-refractivity contribution in [3.8, 4) is 11.5 Å². The number of nitrogens with zero attached hydrogens (tertiary/aromatic N) is 4. The van der Waals surface area contributed by atoms with Gasteiger partial charge >= 0.3 is 6.36 Å². The van der Waals surface area contributed by atoms with Gasteiger partial charge in [-0.05, 0) is 35.7 Å². The molecule has 0 atom stereocenters. The Hall–Kier alpha value is -3.93. The standard InChI is InChI=1S/C21H15F3N4O4S/c1-31-19-5-3-16(32-21(22,23)24)11-18(19)28(20-7-9-26-13-27-20)33(29,30)17-4-2-15-12-25-8-6-14(15)10-17/h2-13H,1H3. The fraction of sp³-hybridized carbons (Fsp3) is 0.0952. The van der Waals surface area contributed by atoms with E-state index in [9.17, 15) is 21.6 Å². The summed E-state index contributed by atoms with van der Waals surface area (Å²) in [6.07, 6.45) is 0.541. The monoisotopic (exact) mass is 476 g/mol. The maximum atomic E-state index is 13.8. The van der Waals surface area contributed by atoms with Crippen molar-refractivity contribution in [1.82, 2.24) is 15.0 Å². The summed E-state index contributed by atoms with van der Waals surface area (Å²) in [5.41, 5.74) is -0.229. The van der Waals surface area contributed by atoms with Crippen molar-refractivity contribution in [2.45, 2.75) is 11.3 Å². The lowest BCUT2D eigenvalue weighted by atomic mass is 10.2. The van der Waals surface area contributed by atoms with E-state index in [4.69, 9.17) is 4.74 Å². The summed E-state index contributed by atoms with van der Waals surface area (Å²) in [6.45, 7) is 0. The molecule has 0 fully saturated rings. The van der Waals surface area contributed by atoms with E-state index in [1.54, 1.807) is 18.3 Å². The van der Waals surface area contributed by atoms with E-state index in [1.807, 2.05) is 0 Å². The zero-order chi connectivity index (χ0) is 23.6. The maximum Gasteiger partial charge on any atom is 0.573 e. The number of ether oxygens (including phenoxy) is 2. The van der Waals surface area contributed by atoms with E-state index in [0.29, 0.717) is 10.8 Å². The van der Waals surface area contributed by atoms with Gasteiger partial charge in [0.25, 0.3) is 10.0 Å². The van der Waals surface area contributed by atoms with Crippen molar-refractivity contribution < 1.29 is 31.1 Å². The van der Waals surface area contributed by atoms with Gasteiger partial charge in [0.1, 0.15) is 23.5 Å². The van der Waals surface area contributed by atoms with Crippen LogP contribution in [0.25, 0.3) is 10.8 Å². The van der Waals surface area contributed by atoms with Crippen molar-refractivity contribution in [3.05, 3.63) is 73.4 Å². The Bertz CT molecular complexity index is 1400. The molecule has 0 spiro atoms. The average Bonchev–Trinajstić information content (AvgIpc) is 2.78. The van der Waals surface area contributed by atoms with Gasteiger partial charge in [-0.15, -0.1) is 13.2 Å². The van der Waals surface area contributed by atoms with Gasteiger partial charge in [0.05, 0.1) is 12.0 Å². The molecule has 0 aliphatic heterocycles. The first-order chi connectivity index (χ1) is 15.7. The highest BCUT2D eigenvalue weighted by atomic mass is 32.2. The van der Waals surface area contributed by atoms with E-state index in [-0.39, 0.29) is 22.2 Å². The number of rotatable bonds is 6. The summed E-state index contributed by atoms with van der Waals surface area (Å²) in [4.78, 5) is 11.7. The second-order valence-corrected chi connectivity index (χ2v) is 8.39. The molecule has 2 aromatic carbocycles. The largest absolute Gasteiger partial charge is 0.573 e. The fourth-order valence-corrected chi connectivity index (χ4v) is 4.62. The van der Waals surface area contributed by atoms with Crippen molar-refractivity contribution in [3.63, 3.8) is 0 Å². The van der Waals surface area contributed by atoms with Crippen LogP contribution in [0.2, 0.25) is 0 Å². The minimum atomic E-state index is -4.98. The number of fused-ring (bicyclic) bond motifs is 1. The first-order valence-electron chi connectivity index (χ1n) is 9.28. The minimum Gasteiger partial charge on any atom is -0.495 e. The zero-order valence-electron chi connectivity index (χ0n) is 16.9. The van der Waals surface area contributed by atoms with Crippen LogP contribution >= 0.6 is 0 Å². The Morgan fingerprint density at radius 1 is 0.939 bits per heavy atom. The Labute approximate surface area is 186 Å². The first-order valence-corrected chi connectivity index (χ1v) is 10.7. The molecule has 2 aromatic heterocycles. The van der Waals surface area contributed by atoms with Crippen molar-refractivity contribution in [2.24, 2.45) is 0 Å². The summed E-state index contributed by atoms with van der Waals surface area (Å²) >= 11 is 0. The van der Waals surface area contributed by atoms with Gasteiger partial charge in [0, 0.05) is 36.1 Å². The molecule has 4 aromatic rings. The summed E-state index contributed by atoms with van der Waals surface area (Å²) < 4.78 is 76.0. The van der Waals surface area contributed by atoms with Gasteiger partial charge in [-0.25, -0.2) is 22.7 Å². The van der Waals surface area contributed by atoms with Gasteiger partial charge in [0.15, 0.2) is 5.82 Å². The van der Waals surface area contributed by atoms with Gasteiger partial charge in [0.2, 0.25) is 0 Å². The molecule has 0 saturated heterocycles. The van der Waals surface area contributed by atoms with Crippen LogP contribution in [0.4, 0.5) is 24.7 Å². The smallest absolute Gasteiger partial charge is 0.495 e. The maximum absolute atomic E-state index is 13.8. The highest BCUT2D eigenvalue weighted by molar-refractivity contribution is 7.93. The lowest BCUT2D eigenvalue weighted by Gasteiger charge is -2.25. The third-order valence-corrected chi connectivity index (χ3v) is 6.24. The molecule has 8 nitrogen and oxygen atoms in total. The molecular weight excluding hydrogens is 461 g/mol. The Kier molecular flexibility index (Phi) is 5.77. The number of pyridine rings is 1. The van der Waals surface area contributed by atoms with Gasteiger partial charge in [-0.2, -0.15) is 0 Å². The number of aromatic nitrogens is 3. The third kappa shape index (κ3) is 4.65. The predicted octanol–water partition coefficient (Wildman–Crippen LogP) is 4.46. The number of hydrogen-bond donors (Lipinski definition) is 0. The van der Waals surface area contributed by atoms with Crippen LogP contribution < -0.4 is 13.8 Å². The molecule has 170 valence electrons. The second kappa shape index (κ2) is 8.54. The third-order valence-electron chi connectivity index (χ3n) is 4.53. The lowest BCUT2D eigenvalue weighted by Crippen LogP contribution is -2.28. The normalized spacial score (nSPS) is 11.9. The minimum absolute atomic E-state index is 0.0169. The highest BCUT2D eigenvalue weighted by Gasteiger charge is 2.34. The van der Waals surface area contributed by atoms with Gasteiger partial charge in [-0.3, -0.25) is 4.98 Å². The van der Waals surface area contributed by atoms with E-state index in [1.165, 1.54) is 43.8 Å². The van der Waals surface area contributed by atoms with E-state index >= 15 is 0 Å². The van der Waals surface area contributed by atoms with Gasteiger partial charge in [-0.1, -0.05) is 6.07 Å². The Morgan fingerprint density at radius 3 is 2.42 bits per heavy atom.